The topological polar surface area (TPSA) is 54.7 Å². The predicted molar refractivity (Wildman–Crippen MR) is 53.1 cm³/mol. The van der Waals surface area contributed by atoms with E-state index in [-0.39, 0.29) is 5.82 Å². The largest absolute Gasteiger partial charge is 0.382 e. The van der Waals surface area contributed by atoms with Crippen LogP contribution < -0.4 is 5.73 Å². The Labute approximate surface area is 80.8 Å². The highest BCUT2D eigenvalue weighted by atomic mass is 19.1. The van der Waals surface area contributed by atoms with Crippen LogP contribution >= 0.6 is 0 Å². The van der Waals surface area contributed by atoms with Crippen molar-refractivity contribution in [3.05, 3.63) is 35.6 Å². The molecule has 72 valence electrons. The van der Waals surface area contributed by atoms with Crippen molar-refractivity contribution < 1.29 is 4.39 Å². The van der Waals surface area contributed by atoms with Gasteiger partial charge in [0.25, 0.3) is 0 Å². The summed E-state index contributed by atoms with van der Waals surface area (Å²) in [6.07, 6.45) is 0. The van der Waals surface area contributed by atoms with Crippen LogP contribution in [0.4, 0.5) is 10.2 Å². The number of nitrogen functional groups attached to an aromatic ring is 1. The van der Waals surface area contributed by atoms with E-state index in [0.29, 0.717) is 5.82 Å². The van der Waals surface area contributed by atoms with E-state index in [4.69, 9.17) is 5.73 Å². The average Bonchev–Trinajstić information content (AvgIpc) is 2.48. The van der Waals surface area contributed by atoms with Crippen molar-refractivity contribution in [2.45, 2.75) is 6.92 Å². The first-order valence-electron chi connectivity index (χ1n) is 4.25. The van der Waals surface area contributed by atoms with Gasteiger partial charge in [-0.1, -0.05) is 12.1 Å². The van der Waals surface area contributed by atoms with E-state index in [1.54, 1.807) is 6.07 Å². The molecule has 0 spiro atoms. The van der Waals surface area contributed by atoms with Gasteiger partial charge in [-0.05, 0) is 19.1 Å². The third kappa shape index (κ3) is 1.35. The minimum Gasteiger partial charge on any atom is -0.382 e. The van der Waals surface area contributed by atoms with E-state index in [9.17, 15) is 4.39 Å². The molecule has 1 heterocycles. The molecule has 4 heteroatoms. The maximum Gasteiger partial charge on any atom is 0.148 e. The van der Waals surface area contributed by atoms with Gasteiger partial charge < -0.3 is 5.73 Å². The highest BCUT2D eigenvalue weighted by molar-refractivity contribution is 5.67. The molecule has 1 aromatic carbocycles. The van der Waals surface area contributed by atoms with Crippen LogP contribution in [0.25, 0.3) is 11.3 Å². The van der Waals surface area contributed by atoms with Crippen molar-refractivity contribution in [1.29, 1.82) is 0 Å². The Morgan fingerprint density at radius 1 is 1.43 bits per heavy atom. The summed E-state index contributed by atoms with van der Waals surface area (Å²) >= 11 is 0. The number of anilines is 1. The molecule has 1 aromatic heterocycles. The number of nitrogens with two attached hydrogens (primary N) is 1. The summed E-state index contributed by atoms with van der Waals surface area (Å²) in [5.41, 5.74) is 7.95. The first-order chi connectivity index (χ1) is 6.68. The molecule has 3 N–H and O–H groups in total. The summed E-state index contributed by atoms with van der Waals surface area (Å²) in [5.74, 6) is 0.180. The maximum absolute atomic E-state index is 12.9. The lowest BCUT2D eigenvalue weighted by atomic mass is 10.1. The molecule has 0 amide bonds. The molecule has 0 aliphatic carbocycles. The van der Waals surface area contributed by atoms with E-state index in [0.717, 1.165) is 16.8 Å². The second kappa shape index (κ2) is 3.14. The van der Waals surface area contributed by atoms with Gasteiger partial charge in [-0.3, -0.25) is 5.10 Å². The zero-order valence-corrected chi connectivity index (χ0v) is 7.71. The molecule has 0 fully saturated rings. The Morgan fingerprint density at radius 2 is 2.21 bits per heavy atom. The van der Waals surface area contributed by atoms with Crippen LogP contribution in [0, 0.1) is 12.7 Å². The van der Waals surface area contributed by atoms with Crippen LogP contribution in [-0.2, 0) is 0 Å². The van der Waals surface area contributed by atoms with E-state index in [1.807, 2.05) is 13.0 Å². The van der Waals surface area contributed by atoms with Gasteiger partial charge in [-0.15, -0.1) is 0 Å². The summed E-state index contributed by atoms with van der Waals surface area (Å²) in [5, 5.41) is 6.63. The maximum atomic E-state index is 12.9. The molecular weight excluding hydrogens is 181 g/mol. The fourth-order valence-corrected chi connectivity index (χ4v) is 1.34. The quantitative estimate of drug-likeness (QED) is 0.725. The highest BCUT2D eigenvalue weighted by Crippen LogP contribution is 2.24. The lowest BCUT2D eigenvalue weighted by Crippen LogP contribution is -1.86. The fourth-order valence-electron chi connectivity index (χ4n) is 1.34. The van der Waals surface area contributed by atoms with Gasteiger partial charge >= 0.3 is 0 Å². The Balaban J connectivity index is 2.55. The molecule has 3 nitrogen and oxygen atoms in total. The summed E-state index contributed by atoms with van der Waals surface area (Å²) in [6, 6.07) is 6.31. The van der Waals surface area contributed by atoms with Crippen molar-refractivity contribution in [3.63, 3.8) is 0 Å². The third-order valence-electron chi connectivity index (χ3n) is 2.16. The van der Waals surface area contributed by atoms with E-state index < -0.39 is 0 Å². The number of rotatable bonds is 1. The third-order valence-corrected chi connectivity index (χ3v) is 2.16. The van der Waals surface area contributed by atoms with Crippen molar-refractivity contribution in [1.82, 2.24) is 10.2 Å². The minimum atomic E-state index is -0.268. The number of hydrogen-bond acceptors (Lipinski definition) is 2. The molecule has 0 saturated heterocycles. The molecule has 0 aliphatic heterocycles. The number of halogens is 1. The van der Waals surface area contributed by atoms with Gasteiger partial charge in [-0.2, -0.15) is 5.10 Å². The van der Waals surface area contributed by atoms with Crippen LogP contribution in [-0.4, -0.2) is 10.2 Å². The molecule has 2 rings (SSSR count). The van der Waals surface area contributed by atoms with E-state index >= 15 is 0 Å². The second-order valence-corrected chi connectivity index (χ2v) is 3.12. The number of nitrogens with zero attached hydrogens (tertiary/aromatic N) is 1. The van der Waals surface area contributed by atoms with Gasteiger partial charge in [0.1, 0.15) is 11.6 Å². The molecule has 0 saturated carbocycles. The Kier molecular flexibility index (Phi) is 1.96. The molecule has 0 atom stereocenters. The Morgan fingerprint density at radius 3 is 2.79 bits per heavy atom. The zero-order valence-electron chi connectivity index (χ0n) is 7.71. The standard InChI is InChI=1S/C10H10FN3/c1-6-9(13-14-10(6)12)7-3-2-4-8(11)5-7/h2-5H,1H3,(H3,12,13,14). The van der Waals surface area contributed by atoms with Gasteiger partial charge in [0.15, 0.2) is 0 Å². The summed E-state index contributed by atoms with van der Waals surface area (Å²) in [4.78, 5) is 0. The Hall–Kier alpha value is -1.84. The summed E-state index contributed by atoms with van der Waals surface area (Å²) < 4.78 is 12.9. The molecular formula is C10H10FN3. The monoisotopic (exact) mass is 191 g/mol. The van der Waals surface area contributed by atoms with Crippen LogP contribution in [0.2, 0.25) is 0 Å². The first-order valence-corrected chi connectivity index (χ1v) is 4.25. The smallest absolute Gasteiger partial charge is 0.148 e. The van der Waals surface area contributed by atoms with Gasteiger partial charge in [0.2, 0.25) is 0 Å². The number of aromatic amines is 1. The van der Waals surface area contributed by atoms with Crippen LogP contribution in [0.15, 0.2) is 24.3 Å². The van der Waals surface area contributed by atoms with Gasteiger partial charge in [0.05, 0.1) is 5.69 Å². The molecule has 0 unspecified atom stereocenters. The van der Waals surface area contributed by atoms with Gasteiger partial charge in [-0.25, -0.2) is 4.39 Å². The molecule has 0 bridgehead atoms. The average molecular weight is 191 g/mol. The van der Waals surface area contributed by atoms with Crippen LogP contribution in [0.1, 0.15) is 5.56 Å². The van der Waals surface area contributed by atoms with Crippen molar-refractivity contribution >= 4 is 5.82 Å². The molecule has 0 aliphatic rings. The number of hydrogen-bond donors (Lipinski definition) is 2. The zero-order chi connectivity index (χ0) is 10.1. The minimum absolute atomic E-state index is 0.268. The molecule has 14 heavy (non-hydrogen) atoms. The van der Waals surface area contributed by atoms with Crippen molar-refractivity contribution in [2.75, 3.05) is 5.73 Å². The number of H-pyrrole nitrogens is 1. The number of aromatic nitrogens is 2. The van der Waals surface area contributed by atoms with Crippen molar-refractivity contribution in [2.24, 2.45) is 0 Å². The first kappa shape index (κ1) is 8.74. The normalized spacial score (nSPS) is 10.4. The van der Waals surface area contributed by atoms with E-state index in [1.165, 1.54) is 12.1 Å². The lowest BCUT2D eigenvalue weighted by Gasteiger charge is -1.99. The fraction of sp³-hybridized carbons (Fsp3) is 0.100. The highest BCUT2D eigenvalue weighted by Gasteiger charge is 2.08. The molecule has 0 radical (unpaired) electrons. The van der Waals surface area contributed by atoms with Crippen molar-refractivity contribution in [3.8, 4) is 11.3 Å². The van der Waals surface area contributed by atoms with E-state index in [2.05, 4.69) is 10.2 Å². The van der Waals surface area contributed by atoms with Crippen LogP contribution in [0.5, 0.6) is 0 Å². The lowest BCUT2D eigenvalue weighted by molar-refractivity contribution is 0.628. The summed E-state index contributed by atoms with van der Waals surface area (Å²) in [7, 11) is 0. The molecule has 2 aromatic rings. The van der Waals surface area contributed by atoms with Gasteiger partial charge in [0, 0.05) is 11.1 Å². The number of nitrogens with one attached hydrogen (secondary N) is 1. The van der Waals surface area contributed by atoms with Crippen LogP contribution in [0.3, 0.4) is 0 Å². The SMILES string of the molecule is Cc1c(N)n[nH]c1-c1cccc(F)c1. The Bertz CT molecular complexity index is 462. The second-order valence-electron chi connectivity index (χ2n) is 3.12. The number of benzene rings is 1. The summed E-state index contributed by atoms with van der Waals surface area (Å²) in [6.45, 7) is 1.85. The predicted octanol–water partition coefficient (Wildman–Crippen LogP) is 2.11.